The maximum atomic E-state index is 14.3. The lowest BCUT2D eigenvalue weighted by atomic mass is 9.76. The number of anilines is 1. The lowest BCUT2D eigenvalue weighted by Gasteiger charge is -2.32. The standard InChI is InChI=1S/C25H26F2N6O/c1-14-9-15(11-16(29)10-14)17-5-7-30-13-22(17)33-25(34)21-6-8-31-24(32-21)18(12-28)23-19(26)3-2-4-20(23)27/h2-8,12-16,28,31H,9-11,29H2,1H3,(H,33,34)/p+1/b24-18-,28-12?/t14-,15+,16-/m0/s1. The van der Waals surface area contributed by atoms with Gasteiger partial charge in [0.1, 0.15) is 23.5 Å². The Morgan fingerprint density at radius 2 is 2.00 bits per heavy atom. The third-order valence-corrected chi connectivity index (χ3v) is 6.16. The van der Waals surface area contributed by atoms with Gasteiger partial charge in [0.05, 0.1) is 23.0 Å². The first-order valence-electron chi connectivity index (χ1n) is 11.2. The molecule has 1 aromatic heterocycles. The molecule has 2 aromatic rings. The zero-order valence-electron chi connectivity index (χ0n) is 18.8. The van der Waals surface area contributed by atoms with Crippen molar-refractivity contribution in [2.75, 3.05) is 5.32 Å². The normalized spacial score (nSPS) is 23.8. The van der Waals surface area contributed by atoms with Crippen LogP contribution in [0.15, 0.2) is 59.7 Å². The Hall–Kier alpha value is -3.56. The number of carbonyl (C=O) groups is 1. The number of hydrogen-bond acceptors (Lipinski definition) is 5. The molecule has 1 saturated carbocycles. The van der Waals surface area contributed by atoms with Crippen molar-refractivity contribution >= 4 is 29.1 Å². The lowest BCUT2D eigenvalue weighted by molar-refractivity contribution is -0.535. The summed E-state index contributed by atoms with van der Waals surface area (Å²) in [7, 11) is 0. The number of quaternary nitrogens is 1. The van der Waals surface area contributed by atoms with Gasteiger partial charge in [-0.25, -0.2) is 8.78 Å². The van der Waals surface area contributed by atoms with Gasteiger partial charge in [0, 0.05) is 24.5 Å². The number of nitrogens with one attached hydrogen (secondary N) is 2. The van der Waals surface area contributed by atoms with E-state index in [0.717, 1.165) is 43.2 Å². The summed E-state index contributed by atoms with van der Waals surface area (Å²) in [6, 6.07) is 5.48. The van der Waals surface area contributed by atoms with E-state index in [4.69, 9.17) is 11.1 Å². The Balaban J connectivity index is 1.63. The highest BCUT2D eigenvalue weighted by molar-refractivity contribution is 6.47. The predicted octanol–water partition coefficient (Wildman–Crippen LogP) is 3.08. The van der Waals surface area contributed by atoms with Crippen LogP contribution in [-0.4, -0.2) is 28.9 Å². The highest BCUT2D eigenvalue weighted by Crippen LogP contribution is 2.38. The number of benzene rings is 1. The summed E-state index contributed by atoms with van der Waals surface area (Å²) < 4.78 is 28.6. The van der Waals surface area contributed by atoms with Crippen LogP contribution < -0.4 is 16.4 Å². The van der Waals surface area contributed by atoms with Gasteiger partial charge in [0.15, 0.2) is 0 Å². The summed E-state index contributed by atoms with van der Waals surface area (Å²) in [6.07, 6.45) is 9.98. The van der Waals surface area contributed by atoms with Crippen LogP contribution in [0.1, 0.15) is 43.2 Å². The summed E-state index contributed by atoms with van der Waals surface area (Å²) in [5.74, 6) is -1.30. The van der Waals surface area contributed by atoms with Crippen LogP contribution in [0.4, 0.5) is 14.5 Å². The number of carbonyl (C=O) groups excluding carboxylic acids is 1. The van der Waals surface area contributed by atoms with Gasteiger partial charge in [-0.2, -0.15) is 4.99 Å². The number of pyridine rings is 1. The molecule has 9 heteroatoms. The average Bonchev–Trinajstić information content (AvgIpc) is 2.81. The molecule has 1 aromatic carbocycles. The quantitative estimate of drug-likeness (QED) is 0.508. The molecule has 6 N–H and O–H groups in total. The third-order valence-electron chi connectivity index (χ3n) is 6.16. The number of hydrogen-bond donors (Lipinski definition) is 4. The number of amides is 1. The molecule has 0 radical (unpaired) electrons. The molecule has 0 saturated heterocycles. The average molecular weight is 466 g/mol. The second-order valence-electron chi connectivity index (χ2n) is 8.75. The minimum absolute atomic E-state index is 0.0529. The van der Waals surface area contributed by atoms with Crippen molar-refractivity contribution in [2.24, 2.45) is 16.6 Å². The molecule has 2 heterocycles. The van der Waals surface area contributed by atoms with Crippen molar-refractivity contribution in [3.05, 3.63) is 77.5 Å². The molecular weight excluding hydrogens is 438 g/mol. The molecule has 7 nitrogen and oxygen atoms in total. The van der Waals surface area contributed by atoms with Crippen LogP contribution in [0.5, 0.6) is 0 Å². The number of allylic oxidation sites excluding steroid dienone is 1. The Morgan fingerprint density at radius 3 is 2.71 bits per heavy atom. The number of rotatable bonds is 5. The van der Waals surface area contributed by atoms with Crippen LogP contribution in [0.25, 0.3) is 5.57 Å². The summed E-state index contributed by atoms with van der Waals surface area (Å²) in [5.41, 5.74) is 7.43. The zero-order valence-corrected chi connectivity index (χ0v) is 18.8. The summed E-state index contributed by atoms with van der Waals surface area (Å²) in [6.45, 7) is 2.18. The van der Waals surface area contributed by atoms with Crippen LogP contribution in [0.3, 0.4) is 0 Å². The lowest BCUT2D eigenvalue weighted by Crippen LogP contribution is -2.77. The van der Waals surface area contributed by atoms with Crippen molar-refractivity contribution in [1.82, 2.24) is 4.98 Å². The Kier molecular flexibility index (Phi) is 7.04. The molecule has 1 fully saturated rings. The van der Waals surface area contributed by atoms with Gasteiger partial charge < -0.3 is 16.5 Å². The van der Waals surface area contributed by atoms with E-state index < -0.39 is 17.5 Å². The first kappa shape index (κ1) is 23.6. The molecule has 1 aliphatic heterocycles. The van der Waals surface area contributed by atoms with E-state index in [1.165, 1.54) is 17.5 Å². The minimum Gasteiger partial charge on any atom is -0.328 e. The maximum absolute atomic E-state index is 14.3. The topological polar surface area (TPSA) is 121 Å². The molecule has 0 bridgehead atoms. The molecular formula is C25H27F2N6O+. The van der Waals surface area contributed by atoms with E-state index in [-0.39, 0.29) is 34.6 Å². The van der Waals surface area contributed by atoms with Crippen LogP contribution >= 0.6 is 0 Å². The fourth-order valence-corrected chi connectivity index (χ4v) is 4.70. The third kappa shape index (κ3) is 5.00. The van der Waals surface area contributed by atoms with Gasteiger partial charge in [-0.15, -0.1) is 0 Å². The Morgan fingerprint density at radius 1 is 1.24 bits per heavy atom. The summed E-state index contributed by atoms with van der Waals surface area (Å²) in [4.78, 5) is 21.5. The van der Waals surface area contributed by atoms with E-state index in [9.17, 15) is 13.6 Å². The predicted molar refractivity (Wildman–Crippen MR) is 127 cm³/mol. The monoisotopic (exact) mass is 465 g/mol. The molecule has 176 valence electrons. The molecule has 34 heavy (non-hydrogen) atoms. The SMILES string of the molecule is C[C@@H]1C[C@H](N)C[C@H](c2ccncc2NC(=O)C2=N/C(=C(/C=N)c3c(F)cccc3F)[NH2+]C=C2)C1. The molecule has 1 aliphatic carbocycles. The van der Waals surface area contributed by atoms with E-state index in [1.807, 2.05) is 6.07 Å². The first-order chi connectivity index (χ1) is 16.4. The molecule has 3 atom stereocenters. The number of aliphatic imine (C=N–C) groups is 1. The summed E-state index contributed by atoms with van der Waals surface area (Å²) >= 11 is 0. The largest absolute Gasteiger partial charge is 0.328 e. The van der Waals surface area contributed by atoms with Crippen molar-refractivity contribution in [3.63, 3.8) is 0 Å². The second kappa shape index (κ2) is 10.1. The van der Waals surface area contributed by atoms with Crippen LogP contribution in [0.2, 0.25) is 0 Å². The van der Waals surface area contributed by atoms with Gasteiger partial charge in [-0.3, -0.25) is 15.1 Å². The molecule has 2 aliphatic rings. The van der Waals surface area contributed by atoms with Gasteiger partial charge in [0.25, 0.3) is 5.91 Å². The number of nitrogens with two attached hydrogens (primary N) is 2. The Bertz CT molecular complexity index is 1180. The van der Waals surface area contributed by atoms with Crippen molar-refractivity contribution in [1.29, 1.82) is 5.41 Å². The maximum Gasteiger partial charge on any atom is 0.274 e. The van der Waals surface area contributed by atoms with Crippen molar-refractivity contribution < 1.29 is 18.9 Å². The van der Waals surface area contributed by atoms with Gasteiger partial charge in [0.2, 0.25) is 5.82 Å². The highest BCUT2D eigenvalue weighted by Gasteiger charge is 2.28. The zero-order chi connectivity index (χ0) is 24.2. The van der Waals surface area contributed by atoms with Gasteiger partial charge >= 0.3 is 0 Å². The van der Waals surface area contributed by atoms with E-state index in [2.05, 4.69) is 22.2 Å². The number of aromatic nitrogens is 1. The smallest absolute Gasteiger partial charge is 0.274 e. The minimum atomic E-state index is -0.810. The number of halogens is 2. The van der Waals surface area contributed by atoms with Gasteiger partial charge in [-0.1, -0.05) is 13.0 Å². The van der Waals surface area contributed by atoms with Crippen molar-refractivity contribution in [3.8, 4) is 0 Å². The van der Waals surface area contributed by atoms with Crippen LogP contribution in [-0.2, 0) is 4.79 Å². The van der Waals surface area contributed by atoms with Gasteiger partial charge in [-0.05, 0) is 54.9 Å². The molecule has 1 amide bonds. The number of nitrogens with zero attached hydrogens (tertiary/aromatic N) is 2. The Labute approximate surface area is 196 Å². The molecule has 0 spiro atoms. The van der Waals surface area contributed by atoms with E-state index in [0.29, 0.717) is 11.6 Å². The second-order valence-corrected chi connectivity index (χ2v) is 8.75. The fraction of sp³-hybridized carbons (Fsp3) is 0.280. The highest BCUT2D eigenvalue weighted by atomic mass is 19.1. The summed E-state index contributed by atoms with van der Waals surface area (Å²) in [5, 5.41) is 12.1. The van der Waals surface area contributed by atoms with E-state index >= 15 is 0 Å². The molecule has 0 unspecified atom stereocenters. The van der Waals surface area contributed by atoms with Crippen molar-refractivity contribution in [2.45, 2.75) is 38.1 Å². The van der Waals surface area contributed by atoms with Crippen LogP contribution in [0, 0.1) is 23.0 Å². The van der Waals surface area contributed by atoms with E-state index in [1.54, 1.807) is 18.6 Å². The fourth-order valence-electron chi connectivity index (χ4n) is 4.70. The molecule has 4 rings (SSSR count). The first-order valence-corrected chi connectivity index (χ1v) is 11.2.